The number of hydrogen-bond donors (Lipinski definition) is 1. The van der Waals surface area contributed by atoms with Crippen LogP contribution in [0.5, 0.6) is 0 Å². The number of carbonyl (C=O) groups is 1. The normalized spacial score (nSPS) is 23.6. The molecule has 0 heterocycles. The van der Waals surface area contributed by atoms with Crippen LogP contribution in [0.4, 0.5) is 0 Å². The summed E-state index contributed by atoms with van der Waals surface area (Å²) < 4.78 is 0. The molecule has 1 atom stereocenters. The highest BCUT2D eigenvalue weighted by atomic mass is 16.3. The molecule has 0 bridgehead atoms. The van der Waals surface area contributed by atoms with Gasteiger partial charge in [0.25, 0.3) is 0 Å². The Morgan fingerprint density at radius 1 is 1.64 bits per heavy atom. The highest BCUT2D eigenvalue weighted by Gasteiger charge is 2.02. The molecule has 1 aliphatic rings. The molecule has 0 aromatic heterocycles. The monoisotopic (exact) mass is 150 g/mol. The van der Waals surface area contributed by atoms with Gasteiger partial charge in [0.15, 0.2) is 0 Å². The maximum atomic E-state index is 9.94. The van der Waals surface area contributed by atoms with Gasteiger partial charge in [-0.3, -0.25) is 4.79 Å². The van der Waals surface area contributed by atoms with Crippen molar-refractivity contribution in [2.24, 2.45) is 5.92 Å². The molecule has 58 valence electrons. The molecule has 0 aromatic rings. The van der Waals surface area contributed by atoms with E-state index < -0.39 is 0 Å². The fourth-order valence-corrected chi connectivity index (χ4v) is 0.956. The van der Waals surface area contributed by atoms with Gasteiger partial charge in [0.05, 0.1) is 0 Å². The topological polar surface area (TPSA) is 37.3 Å². The number of aliphatic hydroxyl groups is 1. The second-order valence-electron chi connectivity index (χ2n) is 2.41. The summed E-state index contributed by atoms with van der Waals surface area (Å²) in [6.07, 6.45) is 10.1. The molecular weight excluding hydrogens is 140 g/mol. The lowest BCUT2D eigenvalue weighted by Gasteiger charge is -2.07. The third kappa shape index (κ3) is 2.42. The molecule has 0 fully saturated rings. The quantitative estimate of drug-likeness (QED) is 0.481. The van der Waals surface area contributed by atoms with Crippen LogP contribution in [-0.4, -0.2) is 11.4 Å². The molecule has 0 amide bonds. The van der Waals surface area contributed by atoms with Gasteiger partial charge in [0, 0.05) is 0 Å². The van der Waals surface area contributed by atoms with E-state index in [1.165, 1.54) is 6.08 Å². The smallest absolute Gasteiger partial charge is 0.142 e. The minimum atomic E-state index is 0.260. The zero-order valence-corrected chi connectivity index (χ0v) is 6.10. The van der Waals surface area contributed by atoms with Crippen molar-refractivity contribution in [3.63, 3.8) is 0 Å². The van der Waals surface area contributed by atoms with Gasteiger partial charge < -0.3 is 5.11 Å². The van der Waals surface area contributed by atoms with Crippen molar-refractivity contribution in [2.75, 3.05) is 0 Å². The average molecular weight is 150 g/mol. The summed E-state index contributed by atoms with van der Waals surface area (Å²) in [5.41, 5.74) is 0. The first-order valence-corrected chi connectivity index (χ1v) is 3.52. The van der Waals surface area contributed by atoms with Crippen LogP contribution in [0.1, 0.15) is 6.42 Å². The number of rotatable bonds is 2. The zero-order valence-electron chi connectivity index (χ0n) is 6.10. The molecule has 1 rings (SSSR count). The van der Waals surface area contributed by atoms with Crippen molar-refractivity contribution in [3.8, 4) is 0 Å². The molecular formula is C9H10O2. The number of aldehydes is 1. The van der Waals surface area contributed by atoms with Gasteiger partial charge in [-0.15, -0.1) is 0 Å². The minimum Gasteiger partial charge on any atom is -0.508 e. The van der Waals surface area contributed by atoms with Crippen molar-refractivity contribution in [2.45, 2.75) is 6.42 Å². The molecule has 1 N–H and O–H groups in total. The number of carbonyl (C=O) groups excluding carboxylic acids is 1. The summed E-state index contributed by atoms with van der Waals surface area (Å²) in [4.78, 5) is 9.94. The molecule has 11 heavy (non-hydrogen) atoms. The van der Waals surface area contributed by atoms with E-state index in [1.54, 1.807) is 12.2 Å². The van der Waals surface area contributed by atoms with Crippen LogP contribution in [0.15, 0.2) is 36.1 Å². The van der Waals surface area contributed by atoms with E-state index in [-0.39, 0.29) is 5.92 Å². The van der Waals surface area contributed by atoms with E-state index in [2.05, 4.69) is 0 Å². The van der Waals surface area contributed by atoms with Crippen LogP contribution >= 0.6 is 0 Å². The van der Waals surface area contributed by atoms with Gasteiger partial charge in [0.1, 0.15) is 12.0 Å². The van der Waals surface area contributed by atoms with Crippen molar-refractivity contribution in [1.29, 1.82) is 0 Å². The first-order valence-electron chi connectivity index (χ1n) is 3.52. The number of allylic oxidation sites excluding steroid dienone is 5. The van der Waals surface area contributed by atoms with Crippen molar-refractivity contribution in [1.82, 2.24) is 0 Å². The molecule has 0 saturated heterocycles. The molecule has 0 spiro atoms. The molecule has 1 aliphatic carbocycles. The maximum Gasteiger partial charge on any atom is 0.142 e. The van der Waals surface area contributed by atoms with Crippen molar-refractivity contribution >= 4 is 6.29 Å². The molecule has 1 unspecified atom stereocenters. The van der Waals surface area contributed by atoms with Crippen LogP contribution < -0.4 is 0 Å². The Bertz CT molecular complexity index is 224. The van der Waals surface area contributed by atoms with Gasteiger partial charge in [-0.05, 0) is 30.6 Å². The average Bonchev–Trinajstić information content (AvgIpc) is 2.04. The summed E-state index contributed by atoms with van der Waals surface area (Å²) in [5, 5.41) is 8.93. The Morgan fingerprint density at radius 3 is 3.00 bits per heavy atom. The van der Waals surface area contributed by atoms with Crippen molar-refractivity contribution < 1.29 is 9.90 Å². The predicted molar refractivity (Wildman–Crippen MR) is 43.2 cm³/mol. The Kier molecular flexibility index (Phi) is 2.66. The lowest BCUT2D eigenvalue weighted by Crippen LogP contribution is -1.95. The Hall–Kier alpha value is -1.31. The molecule has 2 nitrogen and oxygen atoms in total. The fraction of sp³-hybridized carbons (Fsp3) is 0.222. The Balaban J connectivity index is 2.49. The summed E-state index contributed by atoms with van der Waals surface area (Å²) in [7, 11) is 0. The molecule has 0 aromatic carbocycles. The van der Waals surface area contributed by atoms with E-state index in [0.29, 0.717) is 5.76 Å². The van der Waals surface area contributed by atoms with E-state index >= 15 is 0 Å². The summed E-state index contributed by atoms with van der Waals surface area (Å²) >= 11 is 0. The van der Waals surface area contributed by atoms with Crippen LogP contribution in [0.2, 0.25) is 0 Å². The van der Waals surface area contributed by atoms with Gasteiger partial charge in [0.2, 0.25) is 0 Å². The van der Waals surface area contributed by atoms with Crippen molar-refractivity contribution in [3.05, 3.63) is 36.1 Å². The highest BCUT2D eigenvalue weighted by Crippen LogP contribution is 2.15. The summed E-state index contributed by atoms with van der Waals surface area (Å²) in [5.74, 6) is 0.567. The zero-order chi connectivity index (χ0) is 8.10. The van der Waals surface area contributed by atoms with E-state index in [0.717, 1.165) is 12.7 Å². The minimum absolute atomic E-state index is 0.260. The molecule has 0 radical (unpaired) electrons. The second-order valence-corrected chi connectivity index (χ2v) is 2.41. The van der Waals surface area contributed by atoms with Gasteiger partial charge in [-0.2, -0.15) is 0 Å². The van der Waals surface area contributed by atoms with E-state index in [1.807, 2.05) is 12.2 Å². The van der Waals surface area contributed by atoms with Crippen LogP contribution in [0.3, 0.4) is 0 Å². The molecule has 2 heteroatoms. The Morgan fingerprint density at radius 2 is 2.45 bits per heavy atom. The lowest BCUT2D eigenvalue weighted by molar-refractivity contribution is -0.104. The standard InChI is InChI=1S/C9H10O2/c10-7-1-2-8-3-5-9(11)6-4-8/h1-3,5-8,11H,4H2. The van der Waals surface area contributed by atoms with Gasteiger partial charge >= 0.3 is 0 Å². The first kappa shape index (κ1) is 7.79. The predicted octanol–water partition coefficient (Wildman–Crippen LogP) is 1.76. The Labute approximate surface area is 65.5 Å². The van der Waals surface area contributed by atoms with E-state index in [9.17, 15) is 4.79 Å². The molecule has 0 aliphatic heterocycles. The SMILES string of the molecule is O=CC=CC1C=CC(O)=CC1. The second kappa shape index (κ2) is 3.76. The maximum absolute atomic E-state index is 9.94. The van der Waals surface area contributed by atoms with Gasteiger partial charge in [-0.25, -0.2) is 0 Å². The summed E-state index contributed by atoms with van der Waals surface area (Å²) in [6, 6.07) is 0. The largest absolute Gasteiger partial charge is 0.508 e. The number of hydrogen-bond acceptors (Lipinski definition) is 2. The van der Waals surface area contributed by atoms with E-state index in [4.69, 9.17) is 5.11 Å². The third-order valence-corrected chi connectivity index (χ3v) is 1.55. The van der Waals surface area contributed by atoms with Crippen LogP contribution in [0, 0.1) is 5.92 Å². The first-order chi connectivity index (χ1) is 5.33. The third-order valence-electron chi connectivity index (χ3n) is 1.55. The highest BCUT2D eigenvalue weighted by molar-refractivity contribution is 5.64. The van der Waals surface area contributed by atoms with Crippen LogP contribution in [0.25, 0.3) is 0 Å². The molecule has 0 saturated carbocycles. The number of aliphatic hydroxyl groups excluding tert-OH is 1. The lowest BCUT2D eigenvalue weighted by atomic mass is 10.00. The van der Waals surface area contributed by atoms with Gasteiger partial charge in [-0.1, -0.05) is 12.2 Å². The van der Waals surface area contributed by atoms with Crippen LogP contribution in [-0.2, 0) is 4.79 Å². The summed E-state index contributed by atoms with van der Waals surface area (Å²) in [6.45, 7) is 0. The fourth-order valence-electron chi connectivity index (χ4n) is 0.956.